The molecule has 0 aliphatic rings. The highest BCUT2D eigenvalue weighted by Gasteiger charge is 2.18. The third-order valence-electron chi connectivity index (χ3n) is 4.81. The third kappa shape index (κ3) is 4.35. The van der Waals surface area contributed by atoms with E-state index in [0.717, 1.165) is 29.9 Å². The van der Waals surface area contributed by atoms with Crippen molar-refractivity contribution in [1.82, 2.24) is 14.8 Å². The molecule has 6 nitrogen and oxygen atoms in total. The topological polar surface area (TPSA) is 74.1 Å². The first-order valence-electron chi connectivity index (χ1n) is 9.36. The van der Waals surface area contributed by atoms with Crippen molar-refractivity contribution in [3.05, 3.63) is 77.3 Å². The number of rotatable bonds is 8. The Morgan fingerprint density at radius 1 is 1.10 bits per heavy atom. The number of nitrogens with zero attached hydrogens (tertiary/aromatic N) is 3. The van der Waals surface area contributed by atoms with Crippen molar-refractivity contribution in [3.63, 3.8) is 0 Å². The highest BCUT2D eigenvalue weighted by molar-refractivity contribution is 7.99. The molecule has 0 N–H and O–H groups in total. The van der Waals surface area contributed by atoms with Gasteiger partial charge in [0.1, 0.15) is 0 Å². The number of carbonyl (C=O) groups is 1. The van der Waals surface area contributed by atoms with Crippen LogP contribution in [-0.2, 0) is 13.0 Å². The number of aryl methyl sites for hydroxylation is 2. The molecular formula is C22H21N3O3S. The summed E-state index contributed by atoms with van der Waals surface area (Å²) in [6.45, 7) is 4.88. The molecule has 1 aromatic carbocycles. The molecular weight excluding hydrogens is 386 g/mol. The average Bonchev–Trinajstić information content (AvgIpc) is 3.47. The Morgan fingerprint density at radius 2 is 1.93 bits per heavy atom. The van der Waals surface area contributed by atoms with E-state index in [2.05, 4.69) is 26.9 Å². The third-order valence-corrected chi connectivity index (χ3v) is 5.62. The SMILES string of the molecule is Cc1cc(C(=O)CSc2nnc(-c3ccco3)o2)c(C)n1CCc1ccccc1. The van der Waals surface area contributed by atoms with E-state index in [-0.39, 0.29) is 11.5 Å². The van der Waals surface area contributed by atoms with Gasteiger partial charge in [-0.25, -0.2) is 0 Å². The van der Waals surface area contributed by atoms with Gasteiger partial charge in [0.05, 0.1) is 12.0 Å². The summed E-state index contributed by atoms with van der Waals surface area (Å²) in [5.74, 6) is 1.11. The second kappa shape index (κ2) is 8.53. The Labute approximate surface area is 172 Å². The molecule has 3 heterocycles. The fourth-order valence-electron chi connectivity index (χ4n) is 3.29. The van der Waals surface area contributed by atoms with E-state index in [1.807, 2.05) is 38.1 Å². The molecule has 4 aromatic rings. The molecule has 3 aromatic heterocycles. The number of thioether (sulfide) groups is 1. The van der Waals surface area contributed by atoms with Crippen molar-refractivity contribution < 1.29 is 13.6 Å². The molecule has 4 rings (SSSR count). The highest BCUT2D eigenvalue weighted by Crippen LogP contribution is 2.25. The minimum atomic E-state index is 0.0480. The number of hydrogen-bond donors (Lipinski definition) is 0. The number of hydrogen-bond acceptors (Lipinski definition) is 6. The van der Waals surface area contributed by atoms with E-state index in [0.29, 0.717) is 16.9 Å². The number of furan rings is 1. The van der Waals surface area contributed by atoms with Crippen molar-refractivity contribution in [1.29, 1.82) is 0 Å². The summed E-state index contributed by atoms with van der Waals surface area (Å²) in [5.41, 5.74) is 4.11. The van der Waals surface area contributed by atoms with Crippen LogP contribution in [-0.4, -0.2) is 26.3 Å². The predicted molar refractivity (Wildman–Crippen MR) is 111 cm³/mol. The average molecular weight is 407 g/mol. The van der Waals surface area contributed by atoms with Gasteiger partial charge in [0.25, 0.3) is 11.1 Å². The Morgan fingerprint density at radius 3 is 2.69 bits per heavy atom. The molecule has 0 saturated carbocycles. The Bertz CT molecular complexity index is 1100. The van der Waals surface area contributed by atoms with E-state index in [1.54, 1.807) is 18.4 Å². The van der Waals surface area contributed by atoms with E-state index in [4.69, 9.17) is 8.83 Å². The molecule has 0 spiro atoms. The fraction of sp³-hybridized carbons (Fsp3) is 0.227. The van der Waals surface area contributed by atoms with Gasteiger partial charge < -0.3 is 13.4 Å². The van der Waals surface area contributed by atoms with Crippen LogP contribution in [0.15, 0.2) is 68.9 Å². The molecule has 0 aliphatic heterocycles. The summed E-state index contributed by atoms with van der Waals surface area (Å²) >= 11 is 1.23. The summed E-state index contributed by atoms with van der Waals surface area (Å²) in [4.78, 5) is 12.8. The quantitative estimate of drug-likeness (QED) is 0.303. The van der Waals surface area contributed by atoms with Gasteiger partial charge in [-0.1, -0.05) is 42.1 Å². The van der Waals surface area contributed by atoms with Crippen molar-refractivity contribution in [2.75, 3.05) is 5.75 Å². The number of aromatic nitrogens is 3. The number of carbonyl (C=O) groups excluding carboxylic acids is 1. The van der Waals surface area contributed by atoms with Gasteiger partial charge >= 0.3 is 0 Å². The van der Waals surface area contributed by atoms with Gasteiger partial charge in [0.15, 0.2) is 11.5 Å². The summed E-state index contributed by atoms with van der Waals surface area (Å²) < 4.78 is 13.0. The Balaban J connectivity index is 1.40. The second-order valence-electron chi connectivity index (χ2n) is 6.73. The van der Waals surface area contributed by atoms with Gasteiger partial charge in [0, 0.05) is 23.5 Å². The van der Waals surface area contributed by atoms with Crippen LogP contribution in [0, 0.1) is 13.8 Å². The van der Waals surface area contributed by atoms with Gasteiger partial charge in [0.2, 0.25) is 0 Å². The van der Waals surface area contributed by atoms with Crippen molar-refractivity contribution >= 4 is 17.5 Å². The van der Waals surface area contributed by atoms with E-state index in [9.17, 15) is 4.79 Å². The van der Waals surface area contributed by atoms with E-state index >= 15 is 0 Å². The second-order valence-corrected chi connectivity index (χ2v) is 7.66. The van der Waals surface area contributed by atoms with Gasteiger partial charge in [-0.05, 0) is 44.0 Å². The summed E-state index contributed by atoms with van der Waals surface area (Å²) in [6.07, 6.45) is 2.47. The van der Waals surface area contributed by atoms with Crippen molar-refractivity contribution in [3.8, 4) is 11.7 Å². The molecule has 0 aliphatic carbocycles. The molecule has 7 heteroatoms. The lowest BCUT2D eigenvalue weighted by Gasteiger charge is -2.10. The van der Waals surface area contributed by atoms with Crippen LogP contribution in [0.4, 0.5) is 0 Å². The van der Waals surface area contributed by atoms with Crippen LogP contribution in [0.5, 0.6) is 0 Å². The van der Waals surface area contributed by atoms with E-state index in [1.165, 1.54) is 17.3 Å². The lowest BCUT2D eigenvalue weighted by molar-refractivity contribution is 0.102. The van der Waals surface area contributed by atoms with Crippen LogP contribution in [0.3, 0.4) is 0 Å². The van der Waals surface area contributed by atoms with Gasteiger partial charge in [-0.15, -0.1) is 10.2 Å². The first kappa shape index (κ1) is 19.3. The number of ketones is 1. The fourth-order valence-corrected chi connectivity index (χ4v) is 3.93. The number of Topliss-reactive ketones (excluding diaryl/α,β-unsaturated/α-hetero) is 1. The van der Waals surface area contributed by atoms with Crippen LogP contribution in [0.2, 0.25) is 0 Å². The summed E-state index contributed by atoms with van der Waals surface area (Å²) in [7, 11) is 0. The monoisotopic (exact) mass is 407 g/mol. The van der Waals surface area contributed by atoms with Crippen LogP contribution in [0.1, 0.15) is 27.3 Å². The van der Waals surface area contributed by atoms with Crippen LogP contribution in [0.25, 0.3) is 11.7 Å². The zero-order chi connectivity index (χ0) is 20.2. The molecule has 0 bridgehead atoms. The molecule has 0 radical (unpaired) electrons. The smallest absolute Gasteiger partial charge is 0.284 e. The van der Waals surface area contributed by atoms with Crippen molar-refractivity contribution in [2.45, 2.75) is 32.0 Å². The van der Waals surface area contributed by atoms with Crippen molar-refractivity contribution in [2.24, 2.45) is 0 Å². The minimum Gasteiger partial charge on any atom is -0.459 e. The normalized spacial score (nSPS) is 11.1. The number of benzene rings is 1. The summed E-state index contributed by atoms with van der Waals surface area (Å²) in [6, 6.07) is 15.8. The lowest BCUT2D eigenvalue weighted by atomic mass is 10.1. The highest BCUT2D eigenvalue weighted by atomic mass is 32.2. The maximum atomic E-state index is 12.8. The van der Waals surface area contributed by atoms with Crippen LogP contribution < -0.4 is 0 Å². The molecule has 0 atom stereocenters. The molecule has 0 unspecified atom stereocenters. The first-order valence-corrected chi connectivity index (χ1v) is 10.3. The zero-order valence-corrected chi connectivity index (χ0v) is 17.1. The largest absolute Gasteiger partial charge is 0.459 e. The van der Waals surface area contributed by atoms with Gasteiger partial charge in [-0.2, -0.15) is 0 Å². The maximum absolute atomic E-state index is 12.8. The summed E-state index contributed by atoms with van der Waals surface area (Å²) in [5, 5.41) is 8.28. The molecule has 0 fully saturated rings. The molecule has 0 amide bonds. The van der Waals surface area contributed by atoms with E-state index < -0.39 is 0 Å². The Kier molecular flexibility index (Phi) is 5.67. The lowest BCUT2D eigenvalue weighted by Crippen LogP contribution is -2.08. The molecule has 148 valence electrons. The standard InChI is InChI=1S/C22H21N3O3S/c1-15-13-18(16(2)25(15)11-10-17-7-4-3-5-8-17)19(26)14-29-22-24-23-21(28-22)20-9-6-12-27-20/h3-9,12-13H,10-11,14H2,1-2H3. The first-order chi connectivity index (χ1) is 14.1. The zero-order valence-electron chi connectivity index (χ0n) is 16.3. The van der Waals surface area contributed by atoms with Gasteiger partial charge in [-0.3, -0.25) is 4.79 Å². The maximum Gasteiger partial charge on any atom is 0.284 e. The predicted octanol–water partition coefficient (Wildman–Crippen LogP) is 4.97. The minimum absolute atomic E-state index is 0.0480. The Hall–Kier alpha value is -3.06. The molecule has 0 saturated heterocycles. The molecule has 29 heavy (non-hydrogen) atoms. The van der Waals surface area contributed by atoms with Crippen LogP contribution >= 0.6 is 11.8 Å².